The Bertz CT molecular complexity index is 1780. The maximum absolute atomic E-state index is 13.8. The molecule has 0 saturated heterocycles. The first-order chi connectivity index (χ1) is 21.3. The van der Waals surface area contributed by atoms with Gasteiger partial charge in [-0.3, -0.25) is 14.4 Å². The number of fused-ring (bicyclic) bond motifs is 2. The smallest absolute Gasteiger partial charge is 0.326 e. The molecule has 0 saturated carbocycles. The number of carbonyl (C=O) groups is 4. The third kappa shape index (κ3) is 7.13. The van der Waals surface area contributed by atoms with E-state index in [9.17, 15) is 24.3 Å². The van der Waals surface area contributed by atoms with Crippen LogP contribution in [0, 0.1) is 0 Å². The first-order valence-electron chi connectivity index (χ1n) is 14.3. The van der Waals surface area contributed by atoms with Gasteiger partial charge in [-0.25, -0.2) is 4.79 Å². The molecule has 3 amide bonds. The van der Waals surface area contributed by atoms with E-state index in [0.717, 1.165) is 38.5 Å². The molecule has 0 spiro atoms. The number of benzene rings is 3. The van der Waals surface area contributed by atoms with Gasteiger partial charge in [-0.2, -0.15) is 0 Å². The molecule has 8 N–H and O–H groups in total. The van der Waals surface area contributed by atoms with Crippen molar-refractivity contribution >= 4 is 45.5 Å². The number of carboxylic acid groups (broad SMARTS) is 1. The molecule has 0 aliphatic rings. The fourth-order valence-electron chi connectivity index (χ4n) is 5.31. The fourth-order valence-corrected chi connectivity index (χ4v) is 5.31. The van der Waals surface area contributed by atoms with Gasteiger partial charge < -0.3 is 36.8 Å². The van der Waals surface area contributed by atoms with Crippen LogP contribution in [0.15, 0.2) is 91.3 Å². The van der Waals surface area contributed by atoms with Gasteiger partial charge in [0, 0.05) is 53.5 Å². The maximum Gasteiger partial charge on any atom is 0.326 e. The van der Waals surface area contributed by atoms with Crippen molar-refractivity contribution in [3.05, 3.63) is 108 Å². The van der Waals surface area contributed by atoms with Gasteiger partial charge in [0.25, 0.3) is 0 Å². The van der Waals surface area contributed by atoms with Gasteiger partial charge >= 0.3 is 5.97 Å². The number of carboxylic acids is 1. The normalized spacial score (nSPS) is 13.2. The van der Waals surface area contributed by atoms with E-state index in [0.29, 0.717) is 0 Å². The van der Waals surface area contributed by atoms with Gasteiger partial charge in [-0.1, -0.05) is 66.7 Å². The van der Waals surface area contributed by atoms with Crippen molar-refractivity contribution in [2.24, 2.45) is 5.73 Å². The molecular weight excluding hydrogens is 560 g/mol. The Balaban J connectivity index is 1.40. The molecule has 0 radical (unpaired) electrons. The second-order valence-electron chi connectivity index (χ2n) is 10.6. The molecule has 2 heterocycles. The van der Waals surface area contributed by atoms with Crippen LogP contribution in [0.3, 0.4) is 0 Å². The van der Waals surface area contributed by atoms with Crippen LogP contribution >= 0.6 is 0 Å². The molecule has 226 valence electrons. The minimum absolute atomic E-state index is 0.0298. The fraction of sp³-hybridized carbons (Fsp3) is 0.212. The summed E-state index contributed by atoms with van der Waals surface area (Å²) in [6.45, 7) is -0.314. The zero-order valence-corrected chi connectivity index (χ0v) is 23.9. The van der Waals surface area contributed by atoms with E-state index in [-0.39, 0.29) is 25.8 Å². The Hall–Kier alpha value is -5.42. The Morgan fingerprint density at radius 1 is 0.636 bits per heavy atom. The van der Waals surface area contributed by atoms with Crippen LogP contribution in [0.1, 0.15) is 16.7 Å². The number of nitrogens with one attached hydrogen (secondary N) is 5. The number of nitrogens with two attached hydrogens (primary N) is 1. The molecule has 0 aliphatic carbocycles. The largest absolute Gasteiger partial charge is 0.480 e. The van der Waals surface area contributed by atoms with Crippen LogP contribution in [-0.4, -0.2) is 63.4 Å². The third-order valence-electron chi connectivity index (χ3n) is 7.57. The number of hydrogen-bond acceptors (Lipinski definition) is 5. The van der Waals surface area contributed by atoms with Gasteiger partial charge in [-0.05, 0) is 28.8 Å². The molecule has 3 atom stereocenters. The highest BCUT2D eigenvalue weighted by Gasteiger charge is 2.31. The Labute approximate surface area is 253 Å². The summed E-state index contributed by atoms with van der Waals surface area (Å²) in [6, 6.07) is 20.7. The molecule has 0 bridgehead atoms. The first kappa shape index (κ1) is 30.1. The third-order valence-corrected chi connectivity index (χ3v) is 7.57. The van der Waals surface area contributed by atoms with Crippen LogP contribution in [0.2, 0.25) is 0 Å². The van der Waals surface area contributed by atoms with Crippen LogP contribution in [0.4, 0.5) is 0 Å². The van der Waals surface area contributed by atoms with Crippen LogP contribution in [0.25, 0.3) is 21.8 Å². The van der Waals surface area contributed by atoms with Crippen molar-refractivity contribution in [1.82, 2.24) is 25.9 Å². The quantitative estimate of drug-likeness (QED) is 0.110. The minimum Gasteiger partial charge on any atom is -0.480 e. The predicted molar refractivity (Wildman–Crippen MR) is 167 cm³/mol. The molecule has 2 aromatic heterocycles. The number of hydrogen-bond donors (Lipinski definition) is 7. The van der Waals surface area contributed by atoms with Crippen LogP contribution in [0.5, 0.6) is 0 Å². The number of H-pyrrole nitrogens is 2. The Morgan fingerprint density at radius 2 is 1.11 bits per heavy atom. The minimum atomic E-state index is -1.26. The monoisotopic (exact) mass is 594 g/mol. The van der Waals surface area contributed by atoms with E-state index in [1.54, 1.807) is 12.4 Å². The SMILES string of the molecule is NCC(=O)NC(Cc1ccccc1)C(=O)NC(Cc1c[nH]c2ccccc12)C(=O)NC(Cc1c[nH]c2ccccc12)C(=O)O. The standard InChI is InChI=1S/C33H34N6O5/c34-17-30(40)37-27(14-20-8-2-1-3-9-20)31(41)38-28(15-21-18-35-25-12-6-4-10-23(21)25)32(42)39-29(33(43)44)16-22-19-36-26-13-7-5-11-24(22)26/h1-13,18-19,27-29,35-36H,14-17,34H2,(H,37,40)(H,38,41)(H,39,42)(H,43,44). The summed E-state index contributed by atoms with van der Waals surface area (Å²) in [4.78, 5) is 58.3. The van der Waals surface area contributed by atoms with Crippen molar-refractivity contribution in [3.8, 4) is 0 Å². The number of amides is 3. The van der Waals surface area contributed by atoms with Gasteiger partial charge in [0.1, 0.15) is 18.1 Å². The van der Waals surface area contributed by atoms with E-state index in [2.05, 4.69) is 25.9 Å². The summed E-state index contributed by atoms with van der Waals surface area (Å²) in [5.41, 5.74) is 9.51. The average molecular weight is 595 g/mol. The highest BCUT2D eigenvalue weighted by atomic mass is 16.4. The molecule has 11 heteroatoms. The van der Waals surface area contributed by atoms with Crippen molar-refractivity contribution in [2.75, 3.05) is 6.54 Å². The lowest BCUT2D eigenvalue weighted by Crippen LogP contribution is -2.57. The molecular formula is C33H34N6O5. The van der Waals surface area contributed by atoms with Crippen molar-refractivity contribution < 1.29 is 24.3 Å². The lowest BCUT2D eigenvalue weighted by Gasteiger charge is -2.24. The van der Waals surface area contributed by atoms with Crippen LogP contribution < -0.4 is 21.7 Å². The topological polar surface area (TPSA) is 182 Å². The maximum atomic E-state index is 13.8. The number of para-hydroxylation sites is 2. The van der Waals surface area contributed by atoms with Gasteiger partial charge in [0.15, 0.2) is 0 Å². The van der Waals surface area contributed by atoms with Crippen molar-refractivity contribution in [2.45, 2.75) is 37.4 Å². The summed E-state index contributed by atoms with van der Waals surface area (Å²) in [5, 5.41) is 19.8. The van der Waals surface area contributed by atoms with Gasteiger partial charge in [0.05, 0.1) is 6.54 Å². The second-order valence-corrected chi connectivity index (χ2v) is 10.6. The number of aliphatic carboxylic acids is 1. The highest BCUT2D eigenvalue weighted by Crippen LogP contribution is 2.21. The average Bonchev–Trinajstić information content (AvgIpc) is 3.64. The number of carbonyl (C=O) groups excluding carboxylic acids is 3. The second kappa shape index (κ2) is 13.7. The summed E-state index contributed by atoms with van der Waals surface area (Å²) >= 11 is 0. The van der Waals surface area contributed by atoms with Gasteiger partial charge in [-0.15, -0.1) is 0 Å². The Morgan fingerprint density at radius 3 is 1.66 bits per heavy atom. The van der Waals surface area contributed by atoms with Crippen molar-refractivity contribution in [3.63, 3.8) is 0 Å². The van der Waals surface area contributed by atoms with E-state index < -0.39 is 41.8 Å². The lowest BCUT2D eigenvalue weighted by molar-refractivity contribution is -0.142. The zero-order valence-electron chi connectivity index (χ0n) is 23.9. The van der Waals surface area contributed by atoms with E-state index in [1.165, 1.54) is 0 Å². The Kier molecular flexibility index (Phi) is 9.36. The van der Waals surface area contributed by atoms with Gasteiger partial charge in [0.2, 0.25) is 17.7 Å². The number of rotatable bonds is 13. The van der Waals surface area contributed by atoms with Crippen molar-refractivity contribution in [1.29, 1.82) is 0 Å². The molecule has 0 fully saturated rings. The molecule has 11 nitrogen and oxygen atoms in total. The molecule has 3 aromatic carbocycles. The summed E-state index contributed by atoms with van der Waals surface area (Å²) in [5.74, 6) is -3.00. The zero-order chi connectivity index (χ0) is 31.1. The van der Waals surface area contributed by atoms with E-state index in [4.69, 9.17) is 5.73 Å². The lowest BCUT2D eigenvalue weighted by atomic mass is 10.0. The molecule has 44 heavy (non-hydrogen) atoms. The highest BCUT2D eigenvalue weighted by molar-refractivity contribution is 5.95. The van der Waals surface area contributed by atoms with E-state index >= 15 is 0 Å². The van der Waals surface area contributed by atoms with Crippen LogP contribution in [-0.2, 0) is 38.4 Å². The molecule has 5 aromatic rings. The molecule has 5 rings (SSSR count). The first-order valence-corrected chi connectivity index (χ1v) is 14.3. The van der Waals surface area contributed by atoms with E-state index in [1.807, 2.05) is 78.9 Å². The summed E-state index contributed by atoms with van der Waals surface area (Å²) in [6.07, 6.45) is 3.76. The predicted octanol–water partition coefficient (Wildman–Crippen LogP) is 2.17. The molecule has 3 unspecified atom stereocenters. The summed E-state index contributed by atoms with van der Waals surface area (Å²) < 4.78 is 0. The summed E-state index contributed by atoms with van der Waals surface area (Å²) in [7, 11) is 0. The number of aromatic amines is 2. The number of aromatic nitrogens is 2. The molecule has 0 aliphatic heterocycles.